The van der Waals surface area contributed by atoms with Gasteiger partial charge in [0, 0.05) is 35.1 Å². The first-order valence-corrected chi connectivity index (χ1v) is 11.3. The van der Waals surface area contributed by atoms with E-state index >= 15 is 0 Å². The average molecular weight is 438 g/mol. The highest BCUT2D eigenvalue weighted by atomic mass is 32.2. The van der Waals surface area contributed by atoms with Crippen LogP contribution < -0.4 is 10.6 Å². The third-order valence-electron chi connectivity index (χ3n) is 4.92. The molecule has 0 saturated heterocycles. The second-order valence-electron chi connectivity index (χ2n) is 6.93. The number of carbonyl (C=O) groups is 2. The number of hydrogen-bond acceptors (Lipinski definition) is 6. The van der Waals surface area contributed by atoms with E-state index in [2.05, 4.69) is 39.6 Å². The highest BCUT2D eigenvalue weighted by Gasteiger charge is 2.10. The highest BCUT2D eigenvalue weighted by molar-refractivity contribution is 8.00. The number of carbonyl (C=O) groups excluding carboxylic acids is 2. The van der Waals surface area contributed by atoms with Crippen molar-refractivity contribution in [3.8, 4) is 0 Å². The quantitative estimate of drug-likeness (QED) is 0.473. The first-order valence-electron chi connectivity index (χ1n) is 10.3. The second kappa shape index (κ2) is 11.4. The van der Waals surface area contributed by atoms with E-state index < -0.39 is 0 Å². The molecule has 2 amide bonds. The third kappa shape index (κ3) is 6.50. The van der Waals surface area contributed by atoms with Gasteiger partial charge in [-0.15, -0.1) is 5.10 Å². The fraction of sp³-hybridized carbons (Fsp3) is 0.304. The van der Waals surface area contributed by atoms with E-state index in [0.717, 1.165) is 35.4 Å². The fourth-order valence-corrected chi connectivity index (χ4v) is 3.90. The largest absolute Gasteiger partial charge is 0.351 e. The number of rotatable bonds is 10. The van der Waals surface area contributed by atoms with Gasteiger partial charge in [-0.3, -0.25) is 9.59 Å². The number of aromatic nitrogens is 2. The van der Waals surface area contributed by atoms with Crippen molar-refractivity contribution < 1.29 is 9.59 Å². The van der Waals surface area contributed by atoms with Crippen molar-refractivity contribution in [2.24, 2.45) is 0 Å². The van der Waals surface area contributed by atoms with E-state index in [4.69, 9.17) is 0 Å². The first-order chi connectivity index (χ1) is 15.1. The van der Waals surface area contributed by atoms with E-state index in [9.17, 15) is 9.59 Å². The van der Waals surface area contributed by atoms with Gasteiger partial charge in [-0.1, -0.05) is 49.9 Å². The summed E-state index contributed by atoms with van der Waals surface area (Å²) in [6.07, 6.45) is 1.71. The summed E-state index contributed by atoms with van der Waals surface area (Å²) in [5.74, 6) is -0.0395. The van der Waals surface area contributed by atoms with Gasteiger partial charge in [0.05, 0.1) is 11.9 Å². The number of benzene rings is 2. The first kappa shape index (κ1) is 22.7. The maximum absolute atomic E-state index is 12.3. The minimum atomic E-state index is -0.142. The standard InChI is InChI=1S/C23H27N5O2S/c1-3-28(4-2)14-13-24-22(30)17-9-11-19(12-10-17)26-21(29)16-31-23-20-8-6-5-7-18(20)15-25-27-23/h5-12,15H,3-4,13-14,16H2,1-2H3,(H,24,30)(H,26,29). The third-order valence-corrected chi connectivity index (χ3v) is 5.90. The van der Waals surface area contributed by atoms with Gasteiger partial charge in [-0.2, -0.15) is 5.10 Å². The van der Waals surface area contributed by atoms with Gasteiger partial charge in [0.15, 0.2) is 0 Å². The second-order valence-corrected chi connectivity index (χ2v) is 7.90. The van der Waals surface area contributed by atoms with Crippen LogP contribution in [0.15, 0.2) is 59.8 Å². The molecule has 8 heteroatoms. The molecule has 3 rings (SSSR count). The Morgan fingerprint density at radius 3 is 2.52 bits per heavy atom. The Kier molecular flexibility index (Phi) is 8.37. The lowest BCUT2D eigenvalue weighted by atomic mass is 10.2. The van der Waals surface area contributed by atoms with E-state index in [1.807, 2.05) is 24.3 Å². The fourth-order valence-electron chi connectivity index (χ4n) is 3.11. The van der Waals surface area contributed by atoms with E-state index in [1.54, 1.807) is 30.5 Å². The Morgan fingerprint density at radius 2 is 1.77 bits per heavy atom. The molecule has 0 radical (unpaired) electrons. The number of nitrogens with zero attached hydrogens (tertiary/aromatic N) is 3. The van der Waals surface area contributed by atoms with Crippen molar-refractivity contribution >= 4 is 40.0 Å². The Labute approximate surface area is 186 Å². The summed E-state index contributed by atoms with van der Waals surface area (Å²) >= 11 is 1.35. The Bertz CT molecular complexity index is 1020. The number of anilines is 1. The maximum atomic E-state index is 12.3. The smallest absolute Gasteiger partial charge is 0.251 e. The van der Waals surface area contributed by atoms with Gasteiger partial charge in [0.2, 0.25) is 5.91 Å². The van der Waals surface area contributed by atoms with Crippen LogP contribution >= 0.6 is 11.8 Å². The SMILES string of the molecule is CCN(CC)CCNC(=O)c1ccc(NC(=O)CSc2nncc3ccccc23)cc1. The van der Waals surface area contributed by atoms with Crippen LogP contribution in [0.3, 0.4) is 0 Å². The van der Waals surface area contributed by atoms with E-state index in [-0.39, 0.29) is 17.6 Å². The summed E-state index contributed by atoms with van der Waals surface area (Å²) < 4.78 is 0. The van der Waals surface area contributed by atoms with Crippen LogP contribution in [0.2, 0.25) is 0 Å². The molecule has 0 saturated carbocycles. The topological polar surface area (TPSA) is 87.2 Å². The maximum Gasteiger partial charge on any atom is 0.251 e. The number of likely N-dealkylation sites (N-methyl/N-ethyl adjacent to an activating group) is 1. The minimum absolute atomic E-state index is 0.116. The molecule has 0 atom stereocenters. The molecule has 31 heavy (non-hydrogen) atoms. The van der Waals surface area contributed by atoms with Crippen molar-refractivity contribution in [1.82, 2.24) is 20.4 Å². The molecule has 3 aromatic rings. The lowest BCUT2D eigenvalue weighted by Gasteiger charge is -2.18. The van der Waals surface area contributed by atoms with Crippen molar-refractivity contribution in [3.05, 3.63) is 60.3 Å². The molecule has 0 fully saturated rings. The highest BCUT2D eigenvalue weighted by Crippen LogP contribution is 2.24. The monoisotopic (exact) mass is 437 g/mol. The van der Waals surface area contributed by atoms with Gasteiger partial charge < -0.3 is 15.5 Å². The summed E-state index contributed by atoms with van der Waals surface area (Å²) in [5, 5.41) is 16.6. The molecule has 0 aliphatic rings. The molecular weight excluding hydrogens is 410 g/mol. The molecule has 0 bridgehead atoms. The van der Waals surface area contributed by atoms with Crippen LogP contribution in [-0.2, 0) is 4.79 Å². The van der Waals surface area contributed by atoms with Crippen molar-refractivity contribution in [2.75, 3.05) is 37.2 Å². The molecule has 0 aliphatic carbocycles. The summed E-state index contributed by atoms with van der Waals surface area (Å²) in [5.41, 5.74) is 1.22. The normalized spacial score (nSPS) is 10.9. The van der Waals surface area contributed by atoms with Gasteiger partial charge in [-0.05, 0) is 37.4 Å². The lowest BCUT2D eigenvalue weighted by Crippen LogP contribution is -2.34. The van der Waals surface area contributed by atoms with Gasteiger partial charge >= 0.3 is 0 Å². The van der Waals surface area contributed by atoms with Crippen LogP contribution in [-0.4, -0.2) is 58.8 Å². The predicted octanol–water partition coefficient (Wildman–Crippen LogP) is 3.43. The van der Waals surface area contributed by atoms with Crippen LogP contribution in [0.25, 0.3) is 10.8 Å². The predicted molar refractivity (Wildman–Crippen MR) is 125 cm³/mol. The minimum Gasteiger partial charge on any atom is -0.351 e. The van der Waals surface area contributed by atoms with Crippen LogP contribution in [0.5, 0.6) is 0 Å². The van der Waals surface area contributed by atoms with Crippen LogP contribution in [0, 0.1) is 0 Å². The molecular formula is C23H27N5O2S. The summed E-state index contributed by atoms with van der Waals surface area (Å²) in [7, 11) is 0. The van der Waals surface area contributed by atoms with E-state index in [0.29, 0.717) is 17.8 Å². The van der Waals surface area contributed by atoms with Crippen molar-refractivity contribution in [2.45, 2.75) is 18.9 Å². The Balaban J connectivity index is 1.49. The Hall–Kier alpha value is -2.97. The molecule has 7 nitrogen and oxygen atoms in total. The number of amides is 2. The molecule has 162 valence electrons. The van der Waals surface area contributed by atoms with Gasteiger partial charge in [-0.25, -0.2) is 0 Å². The molecule has 1 aromatic heterocycles. The average Bonchev–Trinajstić information content (AvgIpc) is 2.81. The van der Waals surface area contributed by atoms with Gasteiger partial charge in [0.25, 0.3) is 5.91 Å². The zero-order valence-electron chi connectivity index (χ0n) is 17.8. The van der Waals surface area contributed by atoms with Gasteiger partial charge in [0.1, 0.15) is 5.03 Å². The van der Waals surface area contributed by atoms with E-state index in [1.165, 1.54) is 11.8 Å². The summed E-state index contributed by atoms with van der Waals surface area (Å²) in [6, 6.07) is 14.7. The summed E-state index contributed by atoms with van der Waals surface area (Å²) in [6.45, 7) is 7.57. The molecule has 0 aliphatic heterocycles. The Morgan fingerprint density at radius 1 is 1.03 bits per heavy atom. The zero-order chi connectivity index (χ0) is 22.1. The van der Waals surface area contributed by atoms with Crippen molar-refractivity contribution in [1.29, 1.82) is 0 Å². The number of thioether (sulfide) groups is 1. The molecule has 2 N–H and O–H groups in total. The van der Waals surface area contributed by atoms with Crippen LogP contribution in [0.1, 0.15) is 24.2 Å². The number of hydrogen-bond donors (Lipinski definition) is 2. The zero-order valence-corrected chi connectivity index (χ0v) is 18.6. The number of nitrogens with one attached hydrogen (secondary N) is 2. The lowest BCUT2D eigenvalue weighted by molar-refractivity contribution is -0.113. The molecule has 0 unspecified atom stereocenters. The molecule has 0 spiro atoms. The molecule has 2 aromatic carbocycles. The van der Waals surface area contributed by atoms with Crippen LogP contribution in [0.4, 0.5) is 5.69 Å². The summed E-state index contributed by atoms with van der Waals surface area (Å²) in [4.78, 5) is 26.9. The number of fused-ring (bicyclic) bond motifs is 1. The molecule has 1 heterocycles. The van der Waals surface area contributed by atoms with Crippen molar-refractivity contribution in [3.63, 3.8) is 0 Å².